The van der Waals surface area contributed by atoms with Crippen LogP contribution in [0.25, 0.3) is 0 Å². The average molecular weight is 253 g/mol. The Bertz CT molecular complexity index is 232. The molecule has 2 aliphatic rings. The molecule has 0 aromatic rings. The van der Waals surface area contributed by atoms with E-state index < -0.39 is 0 Å². The molecular formula is C15H31N3. The lowest BCUT2D eigenvalue weighted by molar-refractivity contribution is 0.0499. The minimum Gasteiger partial charge on any atom is -0.329 e. The lowest BCUT2D eigenvalue weighted by Crippen LogP contribution is -2.55. The van der Waals surface area contributed by atoms with Gasteiger partial charge in [0.15, 0.2) is 0 Å². The van der Waals surface area contributed by atoms with E-state index in [1.807, 2.05) is 0 Å². The van der Waals surface area contributed by atoms with Crippen molar-refractivity contribution >= 4 is 0 Å². The van der Waals surface area contributed by atoms with E-state index in [0.29, 0.717) is 6.04 Å². The van der Waals surface area contributed by atoms with Gasteiger partial charge in [-0.25, -0.2) is 0 Å². The summed E-state index contributed by atoms with van der Waals surface area (Å²) < 4.78 is 0. The van der Waals surface area contributed by atoms with Gasteiger partial charge in [-0.15, -0.1) is 0 Å². The van der Waals surface area contributed by atoms with Gasteiger partial charge in [-0.3, -0.25) is 9.80 Å². The minimum absolute atomic E-state index is 0.609. The van der Waals surface area contributed by atoms with Gasteiger partial charge >= 0.3 is 0 Å². The topological polar surface area (TPSA) is 32.5 Å². The smallest absolute Gasteiger partial charge is 0.0216 e. The number of nitrogens with two attached hydrogens (primary N) is 1. The predicted molar refractivity (Wildman–Crippen MR) is 77.7 cm³/mol. The Balaban J connectivity index is 1.79. The lowest BCUT2D eigenvalue weighted by atomic mass is 9.86. The summed E-state index contributed by atoms with van der Waals surface area (Å²) in [6.45, 7) is 10.5. The maximum Gasteiger partial charge on any atom is 0.0216 e. The molecule has 3 heteroatoms. The van der Waals surface area contributed by atoms with Crippen LogP contribution in [-0.4, -0.2) is 54.6 Å². The van der Waals surface area contributed by atoms with Crippen molar-refractivity contribution in [2.45, 2.75) is 58.0 Å². The van der Waals surface area contributed by atoms with Crippen molar-refractivity contribution < 1.29 is 0 Å². The van der Waals surface area contributed by atoms with Crippen LogP contribution >= 0.6 is 0 Å². The predicted octanol–water partition coefficient (Wildman–Crippen LogP) is 1.92. The summed E-state index contributed by atoms with van der Waals surface area (Å²) in [5, 5.41) is 0. The van der Waals surface area contributed by atoms with Gasteiger partial charge in [0.2, 0.25) is 0 Å². The van der Waals surface area contributed by atoms with Gasteiger partial charge in [-0.1, -0.05) is 26.7 Å². The van der Waals surface area contributed by atoms with Crippen LogP contribution in [0.4, 0.5) is 0 Å². The fourth-order valence-electron chi connectivity index (χ4n) is 3.78. The summed E-state index contributed by atoms with van der Waals surface area (Å²) in [5.74, 6) is 0.939. The molecule has 106 valence electrons. The molecule has 2 fully saturated rings. The Kier molecular flexibility index (Phi) is 5.46. The molecule has 18 heavy (non-hydrogen) atoms. The zero-order valence-electron chi connectivity index (χ0n) is 12.3. The summed E-state index contributed by atoms with van der Waals surface area (Å²) in [7, 11) is 0. The first-order valence-electron chi connectivity index (χ1n) is 7.92. The molecule has 1 aliphatic heterocycles. The van der Waals surface area contributed by atoms with Crippen molar-refractivity contribution in [3.05, 3.63) is 0 Å². The zero-order chi connectivity index (χ0) is 13.0. The Labute approximate surface area is 113 Å². The number of hydrogen-bond donors (Lipinski definition) is 1. The van der Waals surface area contributed by atoms with E-state index in [2.05, 4.69) is 23.6 Å². The normalized spacial score (nSPS) is 33.5. The molecular weight excluding hydrogens is 222 g/mol. The van der Waals surface area contributed by atoms with Gasteiger partial charge in [0.1, 0.15) is 0 Å². The van der Waals surface area contributed by atoms with E-state index in [-0.39, 0.29) is 0 Å². The van der Waals surface area contributed by atoms with E-state index in [4.69, 9.17) is 5.73 Å². The van der Waals surface area contributed by atoms with Crippen molar-refractivity contribution in [1.82, 2.24) is 9.80 Å². The van der Waals surface area contributed by atoms with Crippen molar-refractivity contribution in [3.8, 4) is 0 Å². The number of rotatable bonds is 4. The molecule has 0 aromatic carbocycles. The molecule has 1 saturated heterocycles. The largest absolute Gasteiger partial charge is 0.329 e. The maximum atomic E-state index is 5.85. The molecule has 0 amide bonds. The highest BCUT2D eigenvalue weighted by molar-refractivity contribution is 4.84. The summed E-state index contributed by atoms with van der Waals surface area (Å²) >= 11 is 0. The van der Waals surface area contributed by atoms with Crippen LogP contribution in [0.5, 0.6) is 0 Å². The van der Waals surface area contributed by atoms with Crippen LogP contribution in [0.15, 0.2) is 0 Å². The summed E-state index contributed by atoms with van der Waals surface area (Å²) in [5.41, 5.74) is 5.85. The number of piperazine rings is 1. The van der Waals surface area contributed by atoms with Crippen molar-refractivity contribution in [1.29, 1.82) is 0 Å². The van der Waals surface area contributed by atoms with Gasteiger partial charge in [0.25, 0.3) is 0 Å². The molecule has 0 radical (unpaired) electrons. The van der Waals surface area contributed by atoms with Gasteiger partial charge in [-0.05, 0) is 25.2 Å². The van der Waals surface area contributed by atoms with Gasteiger partial charge < -0.3 is 5.73 Å². The summed E-state index contributed by atoms with van der Waals surface area (Å²) in [6, 6.07) is 1.48. The molecule has 1 heterocycles. The molecule has 1 saturated carbocycles. The Hall–Kier alpha value is -0.120. The van der Waals surface area contributed by atoms with E-state index in [1.165, 1.54) is 58.3 Å². The Morgan fingerprint density at radius 1 is 1.17 bits per heavy atom. The van der Waals surface area contributed by atoms with Crippen LogP contribution in [-0.2, 0) is 0 Å². The fourth-order valence-corrected chi connectivity index (χ4v) is 3.78. The third-order valence-electron chi connectivity index (χ3n) is 5.03. The Morgan fingerprint density at radius 2 is 1.89 bits per heavy atom. The SMILES string of the molecule is CCC(CN)N1CCN(C2CCCC(C)C2)CC1. The van der Waals surface area contributed by atoms with E-state index in [0.717, 1.165) is 18.5 Å². The monoisotopic (exact) mass is 253 g/mol. The number of nitrogens with zero attached hydrogens (tertiary/aromatic N) is 2. The molecule has 0 spiro atoms. The Morgan fingerprint density at radius 3 is 2.44 bits per heavy atom. The van der Waals surface area contributed by atoms with Crippen LogP contribution in [0.3, 0.4) is 0 Å². The maximum absolute atomic E-state index is 5.85. The third kappa shape index (κ3) is 3.46. The van der Waals surface area contributed by atoms with Gasteiger partial charge in [0.05, 0.1) is 0 Å². The second kappa shape index (κ2) is 6.88. The minimum atomic E-state index is 0.609. The van der Waals surface area contributed by atoms with Crippen molar-refractivity contribution in [3.63, 3.8) is 0 Å². The van der Waals surface area contributed by atoms with Crippen LogP contribution in [0.2, 0.25) is 0 Å². The highest BCUT2D eigenvalue weighted by Gasteiger charge is 2.28. The molecule has 2 N–H and O–H groups in total. The second-order valence-corrected chi connectivity index (χ2v) is 6.30. The highest BCUT2D eigenvalue weighted by Crippen LogP contribution is 2.28. The number of hydrogen-bond acceptors (Lipinski definition) is 3. The van der Waals surface area contributed by atoms with Crippen molar-refractivity contribution in [2.75, 3.05) is 32.7 Å². The standard InChI is InChI=1S/C15H31N3/c1-3-14(12-16)17-7-9-18(10-8-17)15-6-4-5-13(2)11-15/h13-15H,3-12,16H2,1-2H3. The van der Waals surface area contributed by atoms with E-state index in [1.54, 1.807) is 0 Å². The molecule has 3 unspecified atom stereocenters. The third-order valence-corrected chi connectivity index (χ3v) is 5.03. The zero-order valence-corrected chi connectivity index (χ0v) is 12.3. The fraction of sp³-hybridized carbons (Fsp3) is 1.00. The molecule has 3 atom stereocenters. The summed E-state index contributed by atoms with van der Waals surface area (Å²) in [4.78, 5) is 5.35. The first kappa shape index (κ1) is 14.3. The molecule has 0 bridgehead atoms. The van der Waals surface area contributed by atoms with Crippen LogP contribution in [0.1, 0.15) is 46.0 Å². The highest BCUT2D eigenvalue weighted by atomic mass is 15.3. The average Bonchev–Trinajstić information content (AvgIpc) is 2.41. The van der Waals surface area contributed by atoms with E-state index in [9.17, 15) is 0 Å². The molecule has 0 aromatic heterocycles. The molecule has 2 rings (SSSR count). The molecule has 3 nitrogen and oxygen atoms in total. The lowest BCUT2D eigenvalue weighted by Gasteiger charge is -2.44. The quantitative estimate of drug-likeness (QED) is 0.831. The van der Waals surface area contributed by atoms with Gasteiger partial charge in [-0.2, -0.15) is 0 Å². The molecule has 1 aliphatic carbocycles. The van der Waals surface area contributed by atoms with Crippen molar-refractivity contribution in [2.24, 2.45) is 11.7 Å². The van der Waals surface area contributed by atoms with Crippen LogP contribution < -0.4 is 5.73 Å². The second-order valence-electron chi connectivity index (χ2n) is 6.30. The van der Waals surface area contributed by atoms with E-state index >= 15 is 0 Å². The first-order valence-corrected chi connectivity index (χ1v) is 7.92. The first-order chi connectivity index (χ1) is 8.74. The summed E-state index contributed by atoms with van der Waals surface area (Å²) in [6.07, 6.45) is 6.93. The van der Waals surface area contributed by atoms with Crippen LogP contribution in [0, 0.1) is 5.92 Å². The van der Waals surface area contributed by atoms with Gasteiger partial charge in [0, 0.05) is 44.8 Å².